The third-order valence-electron chi connectivity index (χ3n) is 2.46. The SMILES string of the molecule is [B+2]c1ccc(Oc2cccc(F)c2)cc1C(=O)OC.[OH-].[OH-]. The minimum Gasteiger partial charge on any atom is -0.870 e. The summed E-state index contributed by atoms with van der Waals surface area (Å²) in [6.07, 6.45) is 0. The van der Waals surface area contributed by atoms with Crippen molar-refractivity contribution in [3.05, 3.63) is 53.8 Å². The summed E-state index contributed by atoms with van der Waals surface area (Å²) in [5, 5.41) is 0. The largest absolute Gasteiger partial charge is 0.870 e. The van der Waals surface area contributed by atoms with E-state index in [0.717, 1.165) is 0 Å². The summed E-state index contributed by atoms with van der Waals surface area (Å²) < 4.78 is 23.1. The zero-order valence-electron chi connectivity index (χ0n) is 11.1. The quantitative estimate of drug-likeness (QED) is 0.634. The van der Waals surface area contributed by atoms with Gasteiger partial charge in [0.15, 0.2) is 0 Å². The van der Waals surface area contributed by atoms with Gasteiger partial charge in [-0.2, -0.15) is 0 Å². The van der Waals surface area contributed by atoms with Gasteiger partial charge < -0.3 is 11.0 Å². The van der Waals surface area contributed by atoms with Gasteiger partial charge in [-0.1, -0.05) is 0 Å². The van der Waals surface area contributed by atoms with Crippen molar-refractivity contribution in [1.82, 2.24) is 0 Å². The predicted molar refractivity (Wildman–Crippen MR) is 73.5 cm³/mol. The molecule has 0 amide bonds. The summed E-state index contributed by atoms with van der Waals surface area (Å²) in [4.78, 5) is 11.5. The summed E-state index contributed by atoms with van der Waals surface area (Å²) in [6, 6.07) is 10.3. The summed E-state index contributed by atoms with van der Waals surface area (Å²) >= 11 is 0. The zero-order chi connectivity index (χ0) is 13.8. The average molecular weight is 290 g/mol. The van der Waals surface area contributed by atoms with Gasteiger partial charge >= 0.3 is 110 Å². The van der Waals surface area contributed by atoms with Crippen molar-refractivity contribution >= 4 is 19.3 Å². The van der Waals surface area contributed by atoms with E-state index < -0.39 is 11.8 Å². The first-order valence-electron chi connectivity index (χ1n) is 5.51. The van der Waals surface area contributed by atoms with E-state index in [2.05, 4.69) is 4.74 Å². The first-order chi connectivity index (χ1) is 9.10. The van der Waals surface area contributed by atoms with Gasteiger partial charge in [0.05, 0.1) is 0 Å². The molecule has 0 saturated heterocycles. The first-order valence-corrected chi connectivity index (χ1v) is 5.51. The van der Waals surface area contributed by atoms with Crippen LogP contribution in [0.4, 0.5) is 4.39 Å². The molecule has 0 radical (unpaired) electrons. The molecule has 0 atom stereocenters. The first kappa shape index (κ1) is 18.6. The molecule has 0 aliphatic heterocycles. The average Bonchev–Trinajstić information content (AvgIpc) is 2.40. The second kappa shape index (κ2) is 8.03. The van der Waals surface area contributed by atoms with Gasteiger partial charge in [0.2, 0.25) is 0 Å². The fourth-order valence-electron chi connectivity index (χ4n) is 1.55. The number of halogens is 1. The second-order valence-corrected chi connectivity index (χ2v) is 3.80. The van der Waals surface area contributed by atoms with E-state index in [4.69, 9.17) is 12.6 Å². The van der Waals surface area contributed by atoms with Crippen LogP contribution in [0.1, 0.15) is 10.4 Å². The Bertz CT molecular complexity index is 618. The van der Waals surface area contributed by atoms with Crippen LogP contribution in [0.3, 0.4) is 0 Å². The number of carbonyl (C=O) groups excluding carboxylic acids is 1. The number of rotatable bonds is 3. The Kier molecular flexibility index (Phi) is 7.12. The van der Waals surface area contributed by atoms with E-state index in [1.54, 1.807) is 12.1 Å². The maximum absolute atomic E-state index is 13.0. The Labute approximate surface area is 122 Å². The Balaban J connectivity index is 0.00000200. The number of ether oxygens (including phenoxy) is 2. The molecule has 0 aliphatic rings. The van der Waals surface area contributed by atoms with Gasteiger partial charge in [0.1, 0.15) is 0 Å². The number of esters is 1. The van der Waals surface area contributed by atoms with Gasteiger partial charge in [-0.3, -0.25) is 0 Å². The fraction of sp³-hybridized carbons (Fsp3) is 0.0714. The van der Waals surface area contributed by atoms with Crippen molar-refractivity contribution in [1.29, 1.82) is 0 Å². The number of benzene rings is 2. The summed E-state index contributed by atoms with van der Waals surface area (Å²) in [5.41, 5.74) is 0.495. The monoisotopic (exact) mass is 290 g/mol. The van der Waals surface area contributed by atoms with Crippen molar-refractivity contribution < 1.29 is 29.6 Å². The van der Waals surface area contributed by atoms with Crippen molar-refractivity contribution in [2.75, 3.05) is 7.11 Å². The number of hydrogen-bond acceptors (Lipinski definition) is 5. The summed E-state index contributed by atoms with van der Waals surface area (Å²) in [5.74, 6) is -0.246. The van der Waals surface area contributed by atoms with E-state index >= 15 is 0 Å². The second-order valence-electron chi connectivity index (χ2n) is 3.80. The molecule has 0 bridgehead atoms. The molecule has 2 aromatic carbocycles. The number of methoxy groups -OCH3 is 1. The Morgan fingerprint density at radius 2 is 1.76 bits per heavy atom. The molecule has 0 heterocycles. The van der Waals surface area contributed by atoms with Crippen molar-refractivity contribution in [2.24, 2.45) is 0 Å². The van der Waals surface area contributed by atoms with Crippen LogP contribution in [-0.2, 0) is 4.74 Å². The smallest absolute Gasteiger partial charge is 0.870 e. The third kappa shape index (κ3) is 4.59. The van der Waals surface area contributed by atoms with Gasteiger partial charge in [-0.05, 0) is 0 Å². The van der Waals surface area contributed by atoms with E-state index in [0.29, 0.717) is 17.0 Å². The van der Waals surface area contributed by atoms with E-state index in [9.17, 15) is 9.18 Å². The van der Waals surface area contributed by atoms with Gasteiger partial charge in [0, 0.05) is 0 Å². The van der Waals surface area contributed by atoms with Crippen molar-refractivity contribution in [3.8, 4) is 11.5 Å². The molecule has 2 N–H and O–H groups in total. The molecule has 0 spiro atoms. The molecule has 21 heavy (non-hydrogen) atoms. The van der Waals surface area contributed by atoms with Crippen LogP contribution in [0.15, 0.2) is 42.5 Å². The normalized spacial score (nSPS) is 9.14. The van der Waals surface area contributed by atoms with Crippen LogP contribution in [0.25, 0.3) is 0 Å². The molecule has 7 heteroatoms. The molecule has 5 nitrogen and oxygen atoms in total. The van der Waals surface area contributed by atoms with Crippen LogP contribution < -0.4 is 10.2 Å². The number of hydrogen-bond donors (Lipinski definition) is 0. The molecular weight excluding hydrogens is 278 g/mol. The van der Waals surface area contributed by atoms with Crippen LogP contribution in [-0.4, -0.2) is 31.9 Å². The standard InChI is InChI=1S/C14H10BFO3.2H2O/c1-18-14(17)12-8-11(5-6-13(12)15)19-10-4-2-3-9(16)7-10;;/h2-8H,1H3;2*1H2/q+2;;/p-2. The molecule has 0 aromatic heterocycles. The Hall–Kier alpha value is -2.38. The molecule has 0 saturated carbocycles. The minimum atomic E-state index is -0.554. The van der Waals surface area contributed by atoms with E-state index in [1.165, 1.54) is 37.4 Å². The fourth-order valence-corrected chi connectivity index (χ4v) is 1.55. The van der Waals surface area contributed by atoms with Gasteiger partial charge in [-0.15, -0.1) is 0 Å². The minimum absolute atomic E-state index is 0. The van der Waals surface area contributed by atoms with Crippen LogP contribution in [0, 0.1) is 5.82 Å². The molecule has 2 rings (SSSR count). The topological polar surface area (TPSA) is 95.5 Å². The van der Waals surface area contributed by atoms with Crippen LogP contribution >= 0.6 is 0 Å². The zero-order valence-corrected chi connectivity index (χ0v) is 11.1. The van der Waals surface area contributed by atoms with Crippen molar-refractivity contribution in [3.63, 3.8) is 0 Å². The molecule has 108 valence electrons. The molecule has 0 unspecified atom stereocenters. The van der Waals surface area contributed by atoms with Gasteiger partial charge in [-0.25, -0.2) is 0 Å². The number of carbonyl (C=O) groups is 1. The van der Waals surface area contributed by atoms with E-state index in [-0.39, 0.29) is 16.5 Å². The van der Waals surface area contributed by atoms with Gasteiger partial charge in [0.25, 0.3) is 0 Å². The summed E-state index contributed by atoms with van der Waals surface area (Å²) in [6.45, 7) is 0. The van der Waals surface area contributed by atoms with E-state index in [1.807, 2.05) is 0 Å². The maximum Gasteiger partial charge on any atom is -0.870 e. The van der Waals surface area contributed by atoms with Crippen LogP contribution in [0.5, 0.6) is 11.5 Å². The molecule has 0 fully saturated rings. The Morgan fingerprint density at radius 3 is 2.38 bits per heavy atom. The third-order valence-corrected chi connectivity index (χ3v) is 2.46. The molecule has 0 aliphatic carbocycles. The molecule has 2 aromatic rings. The predicted octanol–water partition coefficient (Wildman–Crippen LogP) is 1.84. The summed E-state index contributed by atoms with van der Waals surface area (Å²) in [7, 11) is 6.93. The van der Waals surface area contributed by atoms with Crippen molar-refractivity contribution in [2.45, 2.75) is 0 Å². The molecular formula is C14H12BFO5. The maximum atomic E-state index is 13.0. The van der Waals surface area contributed by atoms with Crippen LogP contribution in [0.2, 0.25) is 0 Å². The Morgan fingerprint density at radius 1 is 1.10 bits per heavy atom.